The fourth-order valence-electron chi connectivity index (χ4n) is 2.54. The number of hydrogen-bond donors (Lipinski definition) is 1. The monoisotopic (exact) mass is 300 g/mol. The van der Waals surface area contributed by atoms with Gasteiger partial charge in [-0.3, -0.25) is 0 Å². The summed E-state index contributed by atoms with van der Waals surface area (Å²) in [6.45, 7) is 4.46. The smallest absolute Gasteiger partial charge is 0.245 e. The standard InChI is InChI=1S/C14H21FN2O2S/c1-2-17(11-12-7-9-16-10-8-12)20(18,19)14-6-4-3-5-13(14)15/h3-6,12,16H,2,7-11H2,1H3. The molecule has 0 amide bonds. The molecule has 0 radical (unpaired) electrons. The Kier molecular flexibility index (Phi) is 5.12. The van der Waals surface area contributed by atoms with Crippen LogP contribution in [0, 0.1) is 11.7 Å². The first-order chi connectivity index (χ1) is 9.55. The third kappa shape index (κ3) is 3.37. The number of halogens is 1. The summed E-state index contributed by atoms with van der Waals surface area (Å²) in [4.78, 5) is -0.226. The van der Waals surface area contributed by atoms with E-state index in [0.29, 0.717) is 19.0 Å². The van der Waals surface area contributed by atoms with Gasteiger partial charge in [-0.15, -0.1) is 0 Å². The van der Waals surface area contributed by atoms with Crippen LogP contribution in [-0.4, -0.2) is 38.9 Å². The molecule has 6 heteroatoms. The van der Waals surface area contributed by atoms with Crippen LogP contribution < -0.4 is 5.32 Å². The molecule has 1 fully saturated rings. The lowest BCUT2D eigenvalue weighted by Crippen LogP contribution is -2.39. The van der Waals surface area contributed by atoms with Gasteiger partial charge >= 0.3 is 0 Å². The molecule has 0 bridgehead atoms. The van der Waals surface area contributed by atoms with Crippen LogP contribution in [0.2, 0.25) is 0 Å². The summed E-state index contributed by atoms with van der Waals surface area (Å²) >= 11 is 0. The molecule has 0 spiro atoms. The van der Waals surface area contributed by atoms with Crippen LogP contribution in [0.15, 0.2) is 29.2 Å². The van der Waals surface area contributed by atoms with Gasteiger partial charge in [0.1, 0.15) is 10.7 Å². The normalized spacial score (nSPS) is 17.6. The van der Waals surface area contributed by atoms with Crippen LogP contribution in [0.5, 0.6) is 0 Å². The van der Waals surface area contributed by atoms with Gasteiger partial charge < -0.3 is 5.32 Å². The van der Waals surface area contributed by atoms with Gasteiger partial charge in [-0.2, -0.15) is 4.31 Å². The van der Waals surface area contributed by atoms with E-state index in [1.54, 1.807) is 13.0 Å². The van der Waals surface area contributed by atoms with Crippen LogP contribution in [-0.2, 0) is 10.0 Å². The second kappa shape index (κ2) is 6.65. The molecule has 1 aliphatic heterocycles. The predicted octanol–water partition coefficient (Wildman–Crippen LogP) is 1.84. The van der Waals surface area contributed by atoms with E-state index in [1.165, 1.54) is 22.5 Å². The van der Waals surface area contributed by atoms with Crippen LogP contribution in [0.4, 0.5) is 4.39 Å². The van der Waals surface area contributed by atoms with E-state index in [1.807, 2.05) is 0 Å². The van der Waals surface area contributed by atoms with E-state index < -0.39 is 15.8 Å². The number of nitrogens with zero attached hydrogens (tertiary/aromatic N) is 1. The molecule has 0 aliphatic carbocycles. The molecule has 1 aromatic carbocycles. The maximum absolute atomic E-state index is 13.7. The zero-order valence-electron chi connectivity index (χ0n) is 11.7. The SMILES string of the molecule is CCN(CC1CCNCC1)S(=O)(=O)c1ccccc1F. The maximum atomic E-state index is 13.7. The van der Waals surface area contributed by atoms with Crippen molar-refractivity contribution in [3.8, 4) is 0 Å². The molecule has 0 atom stereocenters. The number of sulfonamides is 1. The summed E-state index contributed by atoms with van der Waals surface area (Å²) in [7, 11) is -3.74. The minimum Gasteiger partial charge on any atom is -0.317 e. The van der Waals surface area contributed by atoms with Crippen molar-refractivity contribution in [1.29, 1.82) is 0 Å². The Hall–Kier alpha value is -0.980. The zero-order valence-corrected chi connectivity index (χ0v) is 12.5. The van der Waals surface area contributed by atoms with Gasteiger partial charge in [0.05, 0.1) is 0 Å². The Morgan fingerprint density at radius 2 is 1.95 bits per heavy atom. The van der Waals surface area contributed by atoms with Crippen molar-refractivity contribution in [1.82, 2.24) is 9.62 Å². The molecular weight excluding hydrogens is 279 g/mol. The lowest BCUT2D eigenvalue weighted by Gasteiger charge is -2.28. The summed E-state index contributed by atoms with van der Waals surface area (Å²) in [6.07, 6.45) is 1.92. The van der Waals surface area contributed by atoms with Gasteiger partial charge in [0, 0.05) is 13.1 Å². The number of piperidine rings is 1. The molecule has 1 aromatic rings. The van der Waals surface area contributed by atoms with Crippen molar-refractivity contribution < 1.29 is 12.8 Å². The van der Waals surface area contributed by atoms with Crippen LogP contribution >= 0.6 is 0 Å². The Balaban J connectivity index is 2.19. The molecular formula is C14H21FN2O2S. The molecule has 1 saturated heterocycles. The van der Waals surface area contributed by atoms with Gasteiger partial charge in [-0.25, -0.2) is 12.8 Å². The van der Waals surface area contributed by atoms with E-state index in [2.05, 4.69) is 5.32 Å². The zero-order chi connectivity index (χ0) is 14.6. The summed E-state index contributed by atoms with van der Waals surface area (Å²) < 4.78 is 40.2. The second-order valence-electron chi connectivity index (χ2n) is 5.08. The number of nitrogens with one attached hydrogen (secondary N) is 1. The highest BCUT2D eigenvalue weighted by molar-refractivity contribution is 7.89. The third-order valence-electron chi connectivity index (χ3n) is 3.73. The topological polar surface area (TPSA) is 49.4 Å². The maximum Gasteiger partial charge on any atom is 0.245 e. The summed E-state index contributed by atoms with van der Waals surface area (Å²) in [5.74, 6) is -0.339. The summed E-state index contributed by atoms with van der Waals surface area (Å²) in [5, 5.41) is 3.26. The van der Waals surface area contributed by atoms with Crippen molar-refractivity contribution in [3.63, 3.8) is 0 Å². The Labute approximate surface area is 120 Å². The highest BCUT2D eigenvalue weighted by atomic mass is 32.2. The Bertz CT molecular complexity index is 542. The molecule has 4 nitrogen and oxygen atoms in total. The van der Waals surface area contributed by atoms with Gasteiger partial charge in [0.25, 0.3) is 0 Å². The lowest BCUT2D eigenvalue weighted by atomic mass is 9.98. The van der Waals surface area contributed by atoms with Crippen LogP contribution in [0.25, 0.3) is 0 Å². The van der Waals surface area contributed by atoms with E-state index in [9.17, 15) is 12.8 Å². The highest BCUT2D eigenvalue weighted by Crippen LogP contribution is 2.22. The number of hydrogen-bond acceptors (Lipinski definition) is 3. The highest BCUT2D eigenvalue weighted by Gasteiger charge is 2.28. The minimum absolute atomic E-state index is 0.226. The molecule has 1 heterocycles. The van der Waals surface area contributed by atoms with Crippen molar-refractivity contribution >= 4 is 10.0 Å². The van der Waals surface area contributed by atoms with Crippen molar-refractivity contribution in [2.45, 2.75) is 24.7 Å². The van der Waals surface area contributed by atoms with E-state index in [4.69, 9.17) is 0 Å². The number of benzene rings is 1. The van der Waals surface area contributed by atoms with Crippen LogP contribution in [0.1, 0.15) is 19.8 Å². The average molecular weight is 300 g/mol. The molecule has 112 valence electrons. The van der Waals surface area contributed by atoms with Gasteiger partial charge in [0.15, 0.2) is 0 Å². The van der Waals surface area contributed by atoms with E-state index in [-0.39, 0.29) is 4.90 Å². The van der Waals surface area contributed by atoms with E-state index >= 15 is 0 Å². The Morgan fingerprint density at radius 3 is 2.55 bits per heavy atom. The van der Waals surface area contributed by atoms with Gasteiger partial charge in [-0.05, 0) is 44.0 Å². The largest absolute Gasteiger partial charge is 0.317 e. The summed E-state index contributed by atoms with van der Waals surface area (Å²) in [6, 6.07) is 5.56. The van der Waals surface area contributed by atoms with E-state index in [0.717, 1.165) is 25.9 Å². The van der Waals surface area contributed by atoms with Crippen molar-refractivity contribution in [3.05, 3.63) is 30.1 Å². The molecule has 0 aromatic heterocycles. The van der Waals surface area contributed by atoms with Gasteiger partial charge in [0.2, 0.25) is 10.0 Å². The minimum atomic E-state index is -3.74. The predicted molar refractivity (Wildman–Crippen MR) is 76.4 cm³/mol. The molecule has 1 aliphatic rings. The molecule has 1 N–H and O–H groups in total. The van der Waals surface area contributed by atoms with Crippen molar-refractivity contribution in [2.24, 2.45) is 5.92 Å². The first-order valence-corrected chi connectivity index (χ1v) is 8.45. The third-order valence-corrected chi connectivity index (χ3v) is 5.70. The van der Waals surface area contributed by atoms with Crippen molar-refractivity contribution in [2.75, 3.05) is 26.2 Å². The fraction of sp³-hybridized carbons (Fsp3) is 0.571. The number of rotatable bonds is 5. The summed E-state index contributed by atoms with van der Waals surface area (Å²) in [5.41, 5.74) is 0. The Morgan fingerprint density at radius 1 is 1.30 bits per heavy atom. The van der Waals surface area contributed by atoms with Crippen LogP contribution in [0.3, 0.4) is 0 Å². The molecule has 0 saturated carbocycles. The second-order valence-corrected chi connectivity index (χ2v) is 6.99. The quantitative estimate of drug-likeness (QED) is 0.902. The molecule has 0 unspecified atom stereocenters. The van der Waals surface area contributed by atoms with Gasteiger partial charge in [-0.1, -0.05) is 19.1 Å². The molecule has 20 heavy (non-hydrogen) atoms. The fourth-order valence-corrected chi connectivity index (χ4v) is 4.13. The lowest BCUT2D eigenvalue weighted by molar-refractivity contribution is 0.293. The average Bonchev–Trinajstić information content (AvgIpc) is 2.46. The first-order valence-electron chi connectivity index (χ1n) is 7.01. The first kappa shape index (κ1) is 15.4. The molecule has 2 rings (SSSR count).